The van der Waals surface area contributed by atoms with Crippen LogP contribution in [0.2, 0.25) is 0 Å². The quantitative estimate of drug-likeness (QED) is 0.682. The van der Waals surface area contributed by atoms with Gasteiger partial charge in [-0.1, -0.05) is 19.1 Å². The Hall–Kier alpha value is -2.73. The molecule has 0 bridgehead atoms. The molecule has 6 heteroatoms. The molecule has 27 heavy (non-hydrogen) atoms. The summed E-state index contributed by atoms with van der Waals surface area (Å²) in [5, 5.41) is 4.27. The van der Waals surface area contributed by atoms with Crippen molar-refractivity contribution in [2.24, 2.45) is 0 Å². The van der Waals surface area contributed by atoms with Gasteiger partial charge in [0.1, 0.15) is 5.82 Å². The number of aryl methyl sites for hydroxylation is 1. The van der Waals surface area contributed by atoms with Gasteiger partial charge in [0.05, 0.1) is 17.8 Å². The summed E-state index contributed by atoms with van der Waals surface area (Å²) in [7, 11) is 0. The van der Waals surface area contributed by atoms with Crippen molar-refractivity contribution in [3.63, 3.8) is 0 Å². The van der Waals surface area contributed by atoms with Crippen molar-refractivity contribution in [1.82, 2.24) is 24.8 Å². The van der Waals surface area contributed by atoms with E-state index in [-0.39, 0.29) is 12.1 Å². The monoisotopic (exact) mass is 377 g/mol. The van der Waals surface area contributed by atoms with Crippen molar-refractivity contribution < 1.29 is 0 Å². The van der Waals surface area contributed by atoms with Gasteiger partial charge in [0.2, 0.25) is 0 Å². The minimum atomic E-state index is 0.00403. The molecule has 0 spiro atoms. The molecule has 0 aliphatic carbocycles. The highest BCUT2D eigenvalue weighted by Crippen LogP contribution is 2.39. The molecular weight excluding hydrogens is 354 g/mol. The summed E-state index contributed by atoms with van der Waals surface area (Å²) in [4.78, 5) is 11.5. The molecular formula is C21H23N5S. The lowest BCUT2D eigenvalue weighted by atomic mass is 10.0. The summed E-state index contributed by atoms with van der Waals surface area (Å²) in [6, 6.07) is 14.4. The molecule has 0 unspecified atom stereocenters. The van der Waals surface area contributed by atoms with Gasteiger partial charge in [-0.05, 0) is 61.5 Å². The Labute approximate surface area is 165 Å². The predicted octanol–water partition coefficient (Wildman–Crippen LogP) is 3.96. The zero-order valence-electron chi connectivity index (χ0n) is 15.5. The summed E-state index contributed by atoms with van der Waals surface area (Å²) < 4.78 is 2.15. The molecule has 1 N–H and O–H groups in total. The van der Waals surface area contributed by atoms with Gasteiger partial charge in [0.15, 0.2) is 5.11 Å². The molecule has 0 radical (unpaired) electrons. The number of pyridine rings is 2. The van der Waals surface area contributed by atoms with Crippen LogP contribution in [0, 0.1) is 6.92 Å². The van der Waals surface area contributed by atoms with E-state index < -0.39 is 0 Å². The molecule has 3 aromatic heterocycles. The van der Waals surface area contributed by atoms with E-state index in [4.69, 9.17) is 12.2 Å². The van der Waals surface area contributed by atoms with Crippen molar-refractivity contribution in [3.05, 3.63) is 78.0 Å². The third-order valence-electron chi connectivity index (χ3n) is 4.89. The number of aromatic nitrogens is 3. The van der Waals surface area contributed by atoms with Gasteiger partial charge in [-0.15, -0.1) is 0 Å². The second-order valence-corrected chi connectivity index (χ2v) is 7.20. The molecule has 1 aliphatic rings. The van der Waals surface area contributed by atoms with Crippen molar-refractivity contribution in [2.75, 3.05) is 6.54 Å². The van der Waals surface area contributed by atoms with E-state index in [2.05, 4.69) is 68.2 Å². The Morgan fingerprint density at radius 3 is 2.70 bits per heavy atom. The number of hydrogen-bond donors (Lipinski definition) is 1. The summed E-state index contributed by atoms with van der Waals surface area (Å²) in [6.45, 7) is 5.12. The van der Waals surface area contributed by atoms with Crippen LogP contribution in [0.5, 0.6) is 0 Å². The largest absolute Gasteiger partial charge is 0.352 e. The molecule has 138 valence electrons. The van der Waals surface area contributed by atoms with E-state index >= 15 is 0 Å². The molecule has 0 amide bonds. The predicted molar refractivity (Wildman–Crippen MR) is 111 cm³/mol. The van der Waals surface area contributed by atoms with Gasteiger partial charge in [-0.2, -0.15) is 0 Å². The summed E-state index contributed by atoms with van der Waals surface area (Å²) in [5.41, 5.74) is 3.30. The highest BCUT2D eigenvalue weighted by Gasteiger charge is 2.40. The third kappa shape index (κ3) is 3.32. The van der Waals surface area contributed by atoms with Crippen molar-refractivity contribution >= 4 is 17.3 Å². The fourth-order valence-corrected chi connectivity index (χ4v) is 3.99. The lowest BCUT2D eigenvalue weighted by Gasteiger charge is -2.28. The van der Waals surface area contributed by atoms with E-state index in [0.717, 1.165) is 40.8 Å². The SMILES string of the molecule is CCCN1C(=S)N[C@H](c2ccccn2)[C@@H]1c1cccn1-c1ccc(C)cn1. The minimum absolute atomic E-state index is 0.00403. The molecule has 0 saturated carbocycles. The second-order valence-electron chi connectivity index (χ2n) is 6.82. The normalized spacial score (nSPS) is 19.3. The van der Waals surface area contributed by atoms with Gasteiger partial charge >= 0.3 is 0 Å². The van der Waals surface area contributed by atoms with Crippen molar-refractivity contribution in [1.29, 1.82) is 0 Å². The van der Waals surface area contributed by atoms with Crippen LogP contribution in [0.15, 0.2) is 61.1 Å². The van der Waals surface area contributed by atoms with Gasteiger partial charge in [0.25, 0.3) is 0 Å². The summed E-state index contributed by atoms with van der Waals surface area (Å²) in [6.07, 6.45) is 6.82. The Kier molecular flexibility index (Phi) is 4.90. The number of hydrogen-bond acceptors (Lipinski definition) is 3. The Bertz CT molecular complexity index is 919. The molecule has 4 heterocycles. The molecule has 3 aromatic rings. The highest BCUT2D eigenvalue weighted by atomic mass is 32.1. The molecule has 1 aliphatic heterocycles. The number of thiocarbonyl (C=S) groups is 1. The Balaban J connectivity index is 1.80. The van der Waals surface area contributed by atoms with Crippen molar-refractivity contribution in [2.45, 2.75) is 32.4 Å². The fraction of sp³-hybridized carbons (Fsp3) is 0.286. The molecule has 0 aromatic carbocycles. The Morgan fingerprint density at radius 2 is 2.00 bits per heavy atom. The van der Waals surface area contributed by atoms with Crippen LogP contribution in [0.3, 0.4) is 0 Å². The first-order valence-corrected chi connectivity index (χ1v) is 9.68. The first-order valence-electron chi connectivity index (χ1n) is 9.27. The minimum Gasteiger partial charge on any atom is -0.352 e. The topological polar surface area (TPSA) is 46.0 Å². The first-order chi connectivity index (χ1) is 13.2. The van der Waals surface area contributed by atoms with Gasteiger partial charge in [-0.3, -0.25) is 4.98 Å². The maximum Gasteiger partial charge on any atom is 0.170 e. The van der Waals surface area contributed by atoms with E-state index in [9.17, 15) is 0 Å². The van der Waals surface area contributed by atoms with Crippen LogP contribution < -0.4 is 5.32 Å². The molecule has 1 saturated heterocycles. The molecule has 2 atom stereocenters. The second kappa shape index (κ2) is 7.48. The zero-order valence-corrected chi connectivity index (χ0v) is 16.4. The maximum absolute atomic E-state index is 5.67. The Morgan fingerprint density at radius 1 is 1.11 bits per heavy atom. The average molecular weight is 378 g/mol. The van der Waals surface area contributed by atoms with E-state index in [1.807, 2.05) is 31.5 Å². The van der Waals surface area contributed by atoms with Crippen LogP contribution in [0.4, 0.5) is 0 Å². The fourth-order valence-electron chi connectivity index (χ4n) is 3.66. The van der Waals surface area contributed by atoms with E-state index in [1.54, 1.807) is 0 Å². The maximum atomic E-state index is 5.67. The first kappa shape index (κ1) is 17.7. The van der Waals surface area contributed by atoms with Gasteiger partial charge < -0.3 is 14.8 Å². The molecule has 1 fully saturated rings. The van der Waals surface area contributed by atoms with Gasteiger partial charge in [-0.25, -0.2) is 4.98 Å². The summed E-state index contributed by atoms with van der Waals surface area (Å²) >= 11 is 5.67. The van der Waals surface area contributed by atoms with Crippen molar-refractivity contribution in [3.8, 4) is 5.82 Å². The smallest absolute Gasteiger partial charge is 0.170 e. The van der Waals surface area contributed by atoms with Crippen LogP contribution >= 0.6 is 12.2 Å². The van der Waals surface area contributed by atoms with Crippen LogP contribution in [-0.2, 0) is 0 Å². The third-order valence-corrected chi connectivity index (χ3v) is 5.24. The van der Waals surface area contributed by atoms with Crippen LogP contribution in [0.1, 0.15) is 42.4 Å². The van der Waals surface area contributed by atoms with E-state index in [0.29, 0.717) is 0 Å². The van der Waals surface area contributed by atoms with Crippen LogP contribution in [0.25, 0.3) is 5.82 Å². The number of rotatable bonds is 5. The number of nitrogens with one attached hydrogen (secondary N) is 1. The number of nitrogens with zero attached hydrogens (tertiary/aromatic N) is 4. The standard InChI is InChI=1S/C21H23N5S/c1-3-12-26-20(19(24-21(26)27)16-7-4-5-11-22-16)17-8-6-13-25(17)18-10-9-15(2)14-23-18/h4-11,13-14,19-20H,3,12H2,1-2H3,(H,24,27)/t19-,20+/m1/s1. The molecule has 4 rings (SSSR count). The lowest BCUT2D eigenvalue weighted by Crippen LogP contribution is -2.31. The molecule has 5 nitrogen and oxygen atoms in total. The highest BCUT2D eigenvalue weighted by molar-refractivity contribution is 7.80. The van der Waals surface area contributed by atoms with E-state index in [1.165, 1.54) is 0 Å². The zero-order chi connectivity index (χ0) is 18.8. The average Bonchev–Trinajstić information content (AvgIpc) is 3.28. The summed E-state index contributed by atoms with van der Waals surface area (Å²) in [5.74, 6) is 0.912. The van der Waals surface area contributed by atoms with Gasteiger partial charge in [0, 0.05) is 30.8 Å². The van der Waals surface area contributed by atoms with Crippen LogP contribution in [-0.4, -0.2) is 31.1 Å². The lowest BCUT2D eigenvalue weighted by molar-refractivity contribution is 0.308.